The molecule has 0 aromatic heterocycles. The fourth-order valence-corrected chi connectivity index (χ4v) is 7.46. The van der Waals surface area contributed by atoms with Crippen molar-refractivity contribution in [3.8, 4) is 0 Å². The number of allylic oxidation sites excluding steroid dienone is 2. The average Bonchev–Trinajstić information content (AvgIpc) is 3.31. The fraction of sp³-hybridized carbons (Fsp3) is 0.551. The normalized spacial score (nSPS) is 25.3. The molecule has 22 nitrogen and oxygen atoms in total. The van der Waals surface area contributed by atoms with Crippen LogP contribution in [0.25, 0.3) is 0 Å². The van der Waals surface area contributed by atoms with Crippen LogP contribution >= 0.6 is 0 Å². The van der Waals surface area contributed by atoms with Gasteiger partial charge >= 0.3 is 11.9 Å². The zero-order valence-electron chi connectivity index (χ0n) is 42.2. The summed E-state index contributed by atoms with van der Waals surface area (Å²) in [5.74, 6) is -12.6. The third-order valence-electron chi connectivity index (χ3n) is 12.0. The van der Waals surface area contributed by atoms with E-state index < -0.39 is 120 Å². The van der Waals surface area contributed by atoms with Gasteiger partial charge in [0.1, 0.15) is 35.9 Å². The van der Waals surface area contributed by atoms with Gasteiger partial charge in [0.2, 0.25) is 35.4 Å². The van der Waals surface area contributed by atoms with E-state index in [0.29, 0.717) is 12.0 Å². The van der Waals surface area contributed by atoms with Crippen LogP contribution in [-0.2, 0) is 54.3 Å². The van der Waals surface area contributed by atoms with Crippen molar-refractivity contribution in [3.05, 3.63) is 72.0 Å². The number of carboxylic acids is 2. The molecular weight excluding hydrogens is 921 g/mol. The number of nitrogens with one attached hydrogen (secondary N) is 6. The predicted octanol–water partition coefficient (Wildman–Crippen LogP) is 0.618. The van der Waals surface area contributed by atoms with Gasteiger partial charge in [0.15, 0.2) is 5.96 Å². The summed E-state index contributed by atoms with van der Waals surface area (Å²) >= 11 is 0. The Morgan fingerprint density at radius 2 is 1.45 bits per heavy atom. The lowest BCUT2D eigenvalue weighted by Gasteiger charge is -2.28. The molecule has 1 aliphatic heterocycles. The maximum atomic E-state index is 14.4. The summed E-state index contributed by atoms with van der Waals surface area (Å²) < 4.78 is 5.81. The molecule has 1 aromatic carbocycles. The number of ether oxygens (including phenoxy) is 1. The van der Waals surface area contributed by atoms with Crippen LogP contribution in [0.2, 0.25) is 0 Å². The molecule has 0 saturated carbocycles. The molecule has 1 heterocycles. The second kappa shape index (κ2) is 29.2. The van der Waals surface area contributed by atoms with E-state index in [1.165, 1.54) is 33.9 Å². The van der Waals surface area contributed by atoms with Crippen LogP contribution in [0.5, 0.6) is 0 Å². The number of methoxy groups -OCH3 is 1. The third kappa shape index (κ3) is 20.0. The Kier molecular flexibility index (Phi) is 24.7. The van der Waals surface area contributed by atoms with Crippen molar-refractivity contribution in [2.75, 3.05) is 20.7 Å². The van der Waals surface area contributed by atoms with Gasteiger partial charge in [-0.05, 0) is 57.4 Å². The SMILES string of the molecule is C=C1C(=O)N[C@H](C)C(=O)N[C@@H](CC(C)C)C(=O)N[C@@H](C(=O)O)[C@H](C)C(=O)N[C@@H](CCCN=C(N)N)C(=O)N[C@@H](C=CC(C)=C[C@H](C)[C@H](Cc2ccccc2)OC)[C@H](C)C(=O)N[C@@H](C(=O)O)CCC(=O)N1C. The van der Waals surface area contributed by atoms with Crippen LogP contribution in [0.4, 0.5) is 0 Å². The molecule has 1 fully saturated rings. The van der Waals surface area contributed by atoms with Crippen LogP contribution in [0.3, 0.4) is 0 Å². The molecule has 392 valence electrons. The number of carbonyl (C=O) groups is 9. The number of carbonyl (C=O) groups excluding carboxylic acids is 7. The number of aliphatic imine (C=N–C) groups is 1. The lowest BCUT2D eigenvalue weighted by molar-refractivity contribution is -0.146. The van der Waals surface area contributed by atoms with Gasteiger partial charge in [-0.15, -0.1) is 0 Å². The van der Waals surface area contributed by atoms with Crippen LogP contribution in [-0.4, -0.2) is 137 Å². The first-order valence-corrected chi connectivity index (χ1v) is 23.5. The van der Waals surface area contributed by atoms with Gasteiger partial charge in [0.25, 0.3) is 5.91 Å². The van der Waals surface area contributed by atoms with E-state index in [-0.39, 0.29) is 49.7 Å². The Labute approximate surface area is 415 Å². The number of benzene rings is 1. The number of likely N-dealkylation sites (N-methyl/N-ethyl adjacent to an activating group) is 1. The van der Waals surface area contributed by atoms with E-state index in [0.717, 1.165) is 10.5 Å². The first kappa shape index (κ1) is 60.0. The topological polar surface area (TPSA) is 343 Å². The maximum absolute atomic E-state index is 14.4. The molecule has 0 aliphatic carbocycles. The number of nitrogens with zero attached hydrogens (tertiary/aromatic N) is 2. The zero-order valence-corrected chi connectivity index (χ0v) is 42.2. The summed E-state index contributed by atoms with van der Waals surface area (Å²) in [4.78, 5) is 126. The van der Waals surface area contributed by atoms with Crippen LogP contribution in [0, 0.1) is 23.7 Å². The quantitative estimate of drug-likeness (QED) is 0.0379. The first-order chi connectivity index (χ1) is 33.3. The Balaban J connectivity index is 2.73. The van der Waals surface area contributed by atoms with Gasteiger partial charge in [0, 0.05) is 33.0 Å². The monoisotopic (exact) mass is 995 g/mol. The summed E-state index contributed by atoms with van der Waals surface area (Å²) in [6.45, 7) is 14.9. The number of guanidine groups is 1. The minimum absolute atomic E-state index is 0.00610. The molecule has 71 heavy (non-hydrogen) atoms. The number of aliphatic carboxylic acids is 2. The Morgan fingerprint density at radius 3 is 2.03 bits per heavy atom. The molecule has 0 spiro atoms. The van der Waals surface area contributed by atoms with E-state index in [4.69, 9.17) is 16.2 Å². The molecule has 0 bridgehead atoms. The number of amides is 7. The maximum Gasteiger partial charge on any atom is 0.327 e. The smallest absolute Gasteiger partial charge is 0.327 e. The van der Waals surface area contributed by atoms with Gasteiger partial charge in [-0.2, -0.15) is 0 Å². The Hall–Kier alpha value is -7.10. The highest BCUT2D eigenvalue weighted by molar-refractivity contribution is 6.00. The molecule has 22 heteroatoms. The molecular formula is C49H74N10O12. The molecule has 1 aromatic rings. The van der Waals surface area contributed by atoms with Gasteiger partial charge in [-0.25, -0.2) is 9.59 Å². The molecule has 12 N–H and O–H groups in total. The second-order valence-corrected chi connectivity index (χ2v) is 18.3. The van der Waals surface area contributed by atoms with E-state index in [1.807, 2.05) is 43.3 Å². The lowest BCUT2D eigenvalue weighted by atomic mass is 9.94. The third-order valence-corrected chi connectivity index (χ3v) is 12.0. The van der Waals surface area contributed by atoms with Crippen molar-refractivity contribution in [3.63, 3.8) is 0 Å². The van der Waals surface area contributed by atoms with E-state index >= 15 is 0 Å². The average molecular weight is 995 g/mol. The standard InChI is InChI=1S/C49H74N10O12/c1-26(2)23-37-46(66)58-40(48(69)70)30(6)42(62)55-35(17-14-22-52-49(50)51)45(65)54-34(19-18-27(3)24-28(4)38(71-10)25-33-15-12-11-13-16-33)29(5)41(61)56-36(47(67)68)20-21-39(60)59(9)32(8)44(64)53-31(7)43(63)57-37/h11-13,15-16,18-19,24,26,28-31,34-38,40H,8,14,17,20-23,25H2,1-7,9-10H3,(H,53,64)(H,54,65)(H,55,62)(H,56,61)(H,57,63)(H,58,66)(H,67,68)(H,69,70)(H4,50,51,52)/t28-,29-,30-,31+,34-,35-,36+,37-,38-,40+/m0/s1. The van der Waals surface area contributed by atoms with Crippen molar-refractivity contribution >= 4 is 59.2 Å². The zero-order chi connectivity index (χ0) is 53.7. The summed E-state index contributed by atoms with van der Waals surface area (Å²) in [6, 6.07) is 0.998. The van der Waals surface area contributed by atoms with Crippen LogP contribution in [0.15, 0.2) is 71.4 Å². The van der Waals surface area contributed by atoms with Gasteiger partial charge in [0.05, 0.1) is 24.0 Å². The fourth-order valence-electron chi connectivity index (χ4n) is 7.46. The highest BCUT2D eigenvalue weighted by Gasteiger charge is 2.37. The molecule has 0 radical (unpaired) electrons. The highest BCUT2D eigenvalue weighted by Crippen LogP contribution is 2.19. The molecule has 10 atom stereocenters. The van der Waals surface area contributed by atoms with Crippen LogP contribution in [0.1, 0.15) is 86.1 Å². The summed E-state index contributed by atoms with van der Waals surface area (Å²) in [6.07, 6.45) is 4.64. The van der Waals surface area contributed by atoms with Crippen LogP contribution < -0.4 is 43.4 Å². The van der Waals surface area contributed by atoms with E-state index in [9.17, 15) is 53.4 Å². The van der Waals surface area contributed by atoms with Crippen molar-refractivity contribution in [1.29, 1.82) is 0 Å². The second-order valence-electron chi connectivity index (χ2n) is 18.3. The summed E-state index contributed by atoms with van der Waals surface area (Å²) in [7, 11) is 2.82. The number of carboxylic acid groups (broad SMARTS) is 2. The van der Waals surface area contributed by atoms with Gasteiger partial charge < -0.3 is 63.2 Å². The minimum atomic E-state index is -1.88. The number of nitrogens with two attached hydrogens (primary N) is 2. The number of rotatable bonds is 15. The highest BCUT2D eigenvalue weighted by atomic mass is 16.5. The Morgan fingerprint density at radius 1 is 0.845 bits per heavy atom. The molecule has 1 saturated heterocycles. The molecule has 1 aliphatic rings. The van der Waals surface area contributed by atoms with Crippen molar-refractivity contribution in [2.45, 2.75) is 129 Å². The number of hydrogen-bond acceptors (Lipinski definition) is 11. The van der Waals surface area contributed by atoms with E-state index in [2.05, 4.69) is 43.5 Å². The van der Waals surface area contributed by atoms with Crippen molar-refractivity contribution in [2.24, 2.45) is 40.1 Å². The molecule has 7 amide bonds. The van der Waals surface area contributed by atoms with Crippen molar-refractivity contribution in [1.82, 2.24) is 36.8 Å². The first-order valence-electron chi connectivity index (χ1n) is 23.5. The predicted molar refractivity (Wildman–Crippen MR) is 264 cm³/mol. The van der Waals surface area contributed by atoms with Gasteiger partial charge in [-0.1, -0.05) is 95.3 Å². The van der Waals surface area contributed by atoms with Gasteiger partial charge in [-0.3, -0.25) is 38.6 Å². The number of hydrogen-bond donors (Lipinski definition) is 10. The minimum Gasteiger partial charge on any atom is -0.480 e. The molecule has 0 unspecified atom stereocenters. The lowest BCUT2D eigenvalue weighted by Crippen LogP contribution is -2.59. The van der Waals surface area contributed by atoms with Crippen molar-refractivity contribution < 1.29 is 58.1 Å². The summed E-state index contributed by atoms with van der Waals surface area (Å²) in [5.41, 5.74) is 12.4. The Bertz CT molecular complexity index is 2160. The molecule has 2 rings (SSSR count). The van der Waals surface area contributed by atoms with E-state index in [1.54, 1.807) is 34.0 Å². The largest absolute Gasteiger partial charge is 0.480 e. The summed E-state index contributed by atoms with van der Waals surface area (Å²) in [5, 5.41) is 35.5.